The Kier molecular flexibility index (Phi) is 3.80. The maximum Gasteiger partial charge on any atom is 0.418 e. The Morgan fingerprint density at radius 3 is 2.56 bits per heavy atom. The number of nitrogens with two attached hydrogens (primary N) is 1. The normalized spacial score (nSPS) is 24.9. The Balaban J connectivity index is 2.13. The molecule has 1 saturated carbocycles. The fourth-order valence-electron chi connectivity index (χ4n) is 2.43. The van der Waals surface area contributed by atoms with Crippen molar-refractivity contribution in [2.24, 2.45) is 5.73 Å². The van der Waals surface area contributed by atoms with E-state index in [-0.39, 0.29) is 17.8 Å². The van der Waals surface area contributed by atoms with E-state index >= 15 is 0 Å². The molecule has 1 aromatic carbocycles. The van der Waals surface area contributed by atoms with Crippen LogP contribution < -0.4 is 11.1 Å². The minimum atomic E-state index is -4.32. The number of halogens is 3. The van der Waals surface area contributed by atoms with E-state index in [0.717, 1.165) is 31.7 Å². The molecular weight excluding hydrogens is 241 g/mol. The van der Waals surface area contributed by atoms with Crippen LogP contribution in [0.15, 0.2) is 24.3 Å². The molecule has 1 fully saturated rings. The second-order valence-corrected chi connectivity index (χ2v) is 4.81. The summed E-state index contributed by atoms with van der Waals surface area (Å²) in [6, 6.07) is 5.72. The van der Waals surface area contributed by atoms with Crippen molar-refractivity contribution >= 4 is 5.69 Å². The zero-order valence-corrected chi connectivity index (χ0v) is 10.0. The van der Waals surface area contributed by atoms with E-state index in [1.165, 1.54) is 12.1 Å². The molecule has 100 valence electrons. The average Bonchev–Trinajstić information content (AvgIpc) is 2.28. The van der Waals surface area contributed by atoms with Crippen molar-refractivity contribution in [1.82, 2.24) is 0 Å². The zero-order valence-electron chi connectivity index (χ0n) is 10.0. The summed E-state index contributed by atoms with van der Waals surface area (Å²) < 4.78 is 38.4. The molecule has 0 aromatic heterocycles. The molecule has 0 saturated heterocycles. The molecule has 1 aliphatic rings. The summed E-state index contributed by atoms with van der Waals surface area (Å²) in [6.07, 6.45) is -0.793. The van der Waals surface area contributed by atoms with Crippen LogP contribution in [-0.2, 0) is 6.18 Å². The van der Waals surface area contributed by atoms with Crippen LogP contribution in [0.5, 0.6) is 0 Å². The van der Waals surface area contributed by atoms with Crippen LogP contribution in [0.1, 0.15) is 31.2 Å². The van der Waals surface area contributed by atoms with Crippen LogP contribution in [0.3, 0.4) is 0 Å². The van der Waals surface area contributed by atoms with E-state index in [9.17, 15) is 13.2 Å². The molecular formula is C13H17F3N2. The van der Waals surface area contributed by atoms with Crippen molar-refractivity contribution in [1.29, 1.82) is 0 Å². The van der Waals surface area contributed by atoms with E-state index in [1.807, 2.05) is 0 Å². The van der Waals surface area contributed by atoms with Gasteiger partial charge in [-0.1, -0.05) is 12.1 Å². The Labute approximate surface area is 104 Å². The zero-order chi connectivity index (χ0) is 13.2. The number of hydrogen-bond acceptors (Lipinski definition) is 2. The first-order valence-corrected chi connectivity index (χ1v) is 6.15. The van der Waals surface area contributed by atoms with Crippen LogP contribution in [0.4, 0.5) is 18.9 Å². The third kappa shape index (κ3) is 3.16. The highest BCUT2D eigenvalue weighted by atomic mass is 19.4. The van der Waals surface area contributed by atoms with Crippen molar-refractivity contribution < 1.29 is 13.2 Å². The first kappa shape index (κ1) is 13.2. The summed E-state index contributed by atoms with van der Waals surface area (Å²) in [5, 5.41) is 2.99. The molecule has 5 heteroatoms. The first-order chi connectivity index (χ1) is 8.47. The van der Waals surface area contributed by atoms with Gasteiger partial charge in [0.1, 0.15) is 0 Å². The van der Waals surface area contributed by atoms with E-state index in [4.69, 9.17) is 5.73 Å². The van der Waals surface area contributed by atoms with Crippen LogP contribution in [0.2, 0.25) is 0 Å². The third-order valence-electron chi connectivity index (χ3n) is 3.31. The highest BCUT2D eigenvalue weighted by molar-refractivity contribution is 5.53. The topological polar surface area (TPSA) is 38.0 Å². The average molecular weight is 258 g/mol. The van der Waals surface area contributed by atoms with Gasteiger partial charge in [-0.15, -0.1) is 0 Å². The van der Waals surface area contributed by atoms with E-state index < -0.39 is 11.7 Å². The lowest BCUT2D eigenvalue weighted by molar-refractivity contribution is -0.137. The van der Waals surface area contributed by atoms with Gasteiger partial charge in [0.25, 0.3) is 0 Å². The minimum Gasteiger partial charge on any atom is -0.382 e. The maximum absolute atomic E-state index is 12.8. The Hall–Kier alpha value is -1.23. The molecule has 18 heavy (non-hydrogen) atoms. The lowest BCUT2D eigenvalue weighted by Crippen LogP contribution is -2.35. The van der Waals surface area contributed by atoms with Gasteiger partial charge in [-0.2, -0.15) is 13.2 Å². The van der Waals surface area contributed by atoms with Crippen molar-refractivity contribution in [3.63, 3.8) is 0 Å². The molecule has 2 nitrogen and oxygen atoms in total. The number of benzene rings is 1. The number of rotatable bonds is 2. The number of alkyl halides is 3. The van der Waals surface area contributed by atoms with Gasteiger partial charge < -0.3 is 11.1 Å². The van der Waals surface area contributed by atoms with Gasteiger partial charge in [0.05, 0.1) is 5.56 Å². The Morgan fingerprint density at radius 2 is 1.89 bits per heavy atom. The molecule has 0 amide bonds. The van der Waals surface area contributed by atoms with E-state index in [0.29, 0.717) is 0 Å². The van der Waals surface area contributed by atoms with Gasteiger partial charge in [-0.25, -0.2) is 0 Å². The van der Waals surface area contributed by atoms with Gasteiger partial charge in [0.2, 0.25) is 0 Å². The van der Waals surface area contributed by atoms with E-state index in [1.54, 1.807) is 6.07 Å². The van der Waals surface area contributed by atoms with Gasteiger partial charge in [0.15, 0.2) is 0 Å². The summed E-state index contributed by atoms with van der Waals surface area (Å²) in [5.41, 5.74) is 5.39. The second kappa shape index (κ2) is 5.18. The summed E-state index contributed by atoms with van der Waals surface area (Å²) in [4.78, 5) is 0. The molecule has 2 unspecified atom stereocenters. The molecule has 1 aromatic rings. The monoisotopic (exact) mass is 258 g/mol. The predicted molar refractivity (Wildman–Crippen MR) is 65.3 cm³/mol. The molecule has 2 atom stereocenters. The molecule has 1 aliphatic carbocycles. The highest BCUT2D eigenvalue weighted by Gasteiger charge is 2.33. The number of anilines is 1. The van der Waals surface area contributed by atoms with Crippen LogP contribution in [0, 0.1) is 0 Å². The number of nitrogens with one attached hydrogen (secondary N) is 1. The second-order valence-electron chi connectivity index (χ2n) is 4.81. The largest absolute Gasteiger partial charge is 0.418 e. The lowest BCUT2D eigenvalue weighted by atomic mass is 9.91. The van der Waals surface area contributed by atoms with Gasteiger partial charge in [-0.05, 0) is 37.8 Å². The number of para-hydroxylation sites is 1. The molecule has 0 spiro atoms. The fourth-order valence-corrected chi connectivity index (χ4v) is 2.43. The van der Waals surface area contributed by atoms with Crippen LogP contribution in [0.25, 0.3) is 0 Å². The van der Waals surface area contributed by atoms with E-state index in [2.05, 4.69) is 5.32 Å². The van der Waals surface area contributed by atoms with Crippen LogP contribution in [-0.4, -0.2) is 12.1 Å². The molecule has 2 rings (SSSR count). The van der Waals surface area contributed by atoms with Gasteiger partial charge in [-0.3, -0.25) is 0 Å². The van der Waals surface area contributed by atoms with Crippen molar-refractivity contribution in [2.75, 3.05) is 5.32 Å². The summed E-state index contributed by atoms with van der Waals surface area (Å²) in [7, 11) is 0. The third-order valence-corrected chi connectivity index (χ3v) is 3.31. The summed E-state index contributed by atoms with van der Waals surface area (Å²) in [5.74, 6) is 0. The highest BCUT2D eigenvalue weighted by Crippen LogP contribution is 2.35. The first-order valence-electron chi connectivity index (χ1n) is 6.15. The summed E-state index contributed by atoms with van der Waals surface area (Å²) in [6.45, 7) is 0. The van der Waals surface area contributed by atoms with Crippen molar-refractivity contribution in [2.45, 2.75) is 43.9 Å². The predicted octanol–water partition coefficient (Wildman–Crippen LogP) is 3.39. The Bertz CT molecular complexity index is 403. The minimum absolute atomic E-state index is 0.0391. The Morgan fingerprint density at radius 1 is 1.17 bits per heavy atom. The molecule has 0 aliphatic heterocycles. The SMILES string of the molecule is NC1CCCC(Nc2ccccc2C(F)(F)F)C1. The standard InChI is InChI=1S/C13H17F3N2/c14-13(15,16)11-6-1-2-7-12(11)18-10-5-3-4-9(17)8-10/h1-2,6-7,9-10,18H,3-5,8,17H2. The molecule has 3 N–H and O–H groups in total. The van der Waals surface area contributed by atoms with Crippen molar-refractivity contribution in [3.05, 3.63) is 29.8 Å². The lowest BCUT2D eigenvalue weighted by Gasteiger charge is -2.29. The smallest absolute Gasteiger partial charge is 0.382 e. The fraction of sp³-hybridized carbons (Fsp3) is 0.538. The molecule has 0 bridgehead atoms. The maximum atomic E-state index is 12.8. The van der Waals surface area contributed by atoms with Crippen LogP contribution >= 0.6 is 0 Å². The molecule has 0 radical (unpaired) electrons. The van der Waals surface area contributed by atoms with Gasteiger partial charge in [0, 0.05) is 17.8 Å². The summed E-state index contributed by atoms with van der Waals surface area (Å²) >= 11 is 0. The number of hydrogen-bond donors (Lipinski definition) is 2. The molecule has 0 heterocycles. The van der Waals surface area contributed by atoms with Gasteiger partial charge >= 0.3 is 6.18 Å². The van der Waals surface area contributed by atoms with Crippen molar-refractivity contribution in [3.8, 4) is 0 Å². The quantitative estimate of drug-likeness (QED) is 0.853.